The third-order valence-corrected chi connectivity index (χ3v) is 1.90. The first-order valence-electron chi connectivity index (χ1n) is 4.40. The van der Waals surface area contributed by atoms with E-state index in [9.17, 15) is 0 Å². The highest BCUT2D eigenvalue weighted by Gasteiger charge is 2.10. The van der Waals surface area contributed by atoms with Crippen molar-refractivity contribution in [2.45, 2.75) is 32.1 Å². The summed E-state index contributed by atoms with van der Waals surface area (Å²) in [4.78, 5) is 0. The molecule has 1 aromatic carbocycles. The van der Waals surface area contributed by atoms with Crippen molar-refractivity contribution in [3.8, 4) is 5.75 Å². The molecule has 0 aliphatic rings. The fourth-order valence-corrected chi connectivity index (χ4v) is 1.23. The third kappa shape index (κ3) is 3.73. The highest BCUT2D eigenvalue weighted by atomic mass is 32.1. The van der Waals surface area contributed by atoms with Crippen LogP contribution in [0.2, 0.25) is 0 Å². The number of hydrogen-bond donors (Lipinski definition) is 1. The molecule has 0 aliphatic heterocycles. The highest BCUT2D eigenvalue weighted by molar-refractivity contribution is 7.79. The first kappa shape index (κ1) is 10.5. The third-order valence-electron chi connectivity index (χ3n) is 1.53. The van der Waals surface area contributed by atoms with Crippen LogP contribution in [0.3, 0.4) is 0 Å². The fraction of sp³-hybridized carbons (Fsp3) is 0.455. The molecule has 0 spiro atoms. The van der Waals surface area contributed by atoms with E-state index in [4.69, 9.17) is 4.74 Å². The van der Waals surface area contributed by atoms with Gasteiger partial charge >= 0.3 is 0 Å². The van der Waals surface area contributed by atoms with Crippen LogP contribution in [0.15, 0.2) is 24.3 Å². The molecule has 0 aromatic heterocycles. The van der Waals surface area contributed by atoms with Gasteiger partial charge in [0.1, 0.15) is 11.4 Å². The molecule has 0 N–H and O–H groups in total. The molecule has 0 saturated carbocycles. The second kappa shape index (κ2) is 4.05. The molecule has 13 heavy (non-hydrogen) atoms. The van der Waals surface area contributed by atoms with Gasteiger partial charge in [0.15, 0.2) is 0 Å². The lowest BCUT2D eigenvalue weighted by atomic mass is 10.2. The minimum atomic E-state index is -0.123. The molecular formula is C11H16OS. The number of rotatable bonds is 2. The molecule has 0 amide bonds. The molecule has 1 nitrogen and oxygen atoms in total. The predicted molar refractivity (Wildman–Crippen MR) is 59.5 cm³/mol. The second-order valence-electron chi connectivity index (χ2n) is 4.02. The normalized spacial score (nSPS) is 11.4. The topological polar surface area (TPSA) is 9.23 Å². The lowest BCUT2D eigenvalue weighted by Crippen LogP contribution is -2.22. The Kier molecular flexibility index (Phi) is 3.26. The monoisotopic (exact) mass is 196 g/mol. The summed E-state index contributed by atoms with van der Waals surface area (Å²) in [6.45, 7) is 6.12. The van der Waals surface area contributed by atoms with Gasteiger partial charge in [-0.15, -0.1) is 0 Å². The molecule has 0 saturated heterocycles. The minimum absolute atomic E-state index is 0.123. The smallest absolute Gasteiger partial charge is 0.120 e. The van der Waals surface area contributed by atoms with Crippen LogP contribution in [0.5, 0.6) is 5.75 Å². The van der Waals surface area contributed by atoms with E-state index < -0.39 is 0 Å². The van der Waals surface area contributed by atoms with E-state index in [1.165, 1.54) is 5.56 Å². The van der Waals surface area contributed by atoms with Gasteiger partial charge < -0.3 is 4.74 Å². The molecule has 0 atom stereocenters. The summed E-state index contributed by atoms with van der Waals surface area (Å²) in [5.41, 5.74) is 1.09. The number of hydrogen-bond acceptors (Lipinski definition) is 2. The molecule has 0 bridgehead atoms. The largest absolute Gasteiger partial charge is 0.488 e. The fourth-order valence-electron chi connectivity index (χ4n) is 1.02. The van der Waals surface area contributed by atoms with Crippen LogP contribution in [0, 0.1) is 0 Å². The van der Waals surface area contributed by atoms with Crippen molar-refractivity contribution in [2.75, 3.05) is 0 Å². The van der Waals surface area contributed by atoms with Gasteiger partial charge in [0.05, 0.1) is 0 Å². The molecule has 72 valence electrons. The molecule has 0 aliphatic carbocycles. The Labute approximate surface area is 85.5 Å². The van der Waals surface area contributed by atoms with Gasteiger partial charge in [-0.3, -0.25) is 0 Å². The zero-order valence-corrected chi connectivity index (χ0v) is 9.27. The molecule has 2 heteroatoms. The quantitative estimate of drug-likeness (QED) is 0.714. The Morgan fingerprint density at radius 3 is 2.08 bits per heavy atom. The van der Waals surface area contributed by atoms with Gasteiger partial charge in [-0.05, 0) is 38.5 Å². The van der Waals surface area contributed by atoms with Crippen molar-refractivity contribution in [2.24, 2.45) is 0 Å². The molecular weight excluding hydrogens is 180 g/mol. The van der Waals surface area contributed by atoms with Gasteiger partial charge in [-0.1, -0.05) is 12.1 Å². The van der Waals surface area contributed by atoms with Crippen LogP contribution >= 0.6 is 12.6 Å². The Hall–Kier alpha value is -0.630. The van der Waals surface area contributed by atoms with Crippen LogP contribution in [-0.2, 0) is 5.75 Å². The summed E-state index contributed by atoms with van der Waals surface area (Å²) in [5.74, 6) is 1.69. The van der Waals surface area contributed by atoms with Crippen molar-refractivity contribution in [3.63, 3.8) is 0 Å². The molecule has 0 fully saturated rings. The maximum absolute atomic E-state index is 5.68. The minimum Gasteiger partial charge on any atom is -0.488 e. The standard InChI is InChI=1S/C11H16OS/c1-11(2,3)12-10-6-4-9(8-13)5-7-10/h4-7,13H,8H2,1-3H3. The van der Waals surface area contributed by atoms with Crippen molar-refractivity contribution in [1.82, 2.24) is 0 Å². The van der Waals surface area contributed by atoms with Crippen LogP contribution in [0.25, 0.3) is 0 Å². The van der Waals surface area contributed by atoms with Crippen molar-refractivity contribution < 1.29 is 4.74 Å². The average Bonchev–Trinajstić information content (AvgIpc) is 2.03. The van der Waals surface area contributed by atoms with Crippen molar-refractivity contribution >= 4 is 12.6 Å². The van der Waals surface area contributed by atoms with Gasteiger partial charge in [0, 0.05) is 5.75 Å². The van der Waals surface area contributed by atoms with E-state index >= 15 is 0 Å². The Balaban J connectivity index is 2.70. The zero-order chi connectivity index (χ0) is 9.90. The maximum atomic E-state index is 5.68. The van der Waals surface area contributed by atoms with Crippen molar-refractivity contribution in [1.29, 1.82) is 0 Å². The van der Waals surface area contributed by atoms with E-state index in [1.54, 1.807) is 0 Å². The van der Waals surface area contributed by atoms with E-state index in [2.05, 4.69) is 12.6 Å². The Morgan fingerprint density at radius 1 is 1.15 bits per heavy atom. The Morgan fingerprint density at radius 2 is 1.69 bits per heavy atom. The van der Waals surface area contributed by atoms with E-state index in [-0.39, 0.29) is 5.60 Å². The molecule has 0 heterocycles. The van der Waals surface area contributed by atoms with Crippen LogP contribution in [-0.4, -0.2) is 5.60 Å². The van der Waals surface area contributed by atoms with Crippen LogP contribution in [0.1, 0.15) is 26.3 Å². The van der Waals surface area contributed by atoms with E-state index in [1.807, 2.05) is 45.0 Å². The summed E-state index contributed by atoms with van der Waals surface area (Å²) in [5, 5.41) is 0. The first-order chi connectivity index (χ1) is 6.01. The highest BCUT2D eigenvalue weighted by Crippen LogP contribution is 2.18. The van der Waals surface area contributed by atoms with Crippen molar-refractivity contribution in [3.05, 3.63) is 29.8 Å². The van der Waals surface area contributed by atoms with Gasteiger partial charge in [0.25, 0.3) is 0 Å². The number of thiol groups is 1. The van der Waals surface area contributed by atoms with E-state index in [0.29, 0.717) is 0 Å². The summed E-state index contributed by atoms with van der Waals surface area (Å²) in [6.07, 6.45) is 0. The predicted octanol–water partition coefficient (Wildman–Crippen LogP) is 3.29. The first-order valence-corrected chi connectivity index (χ1v) is 5.03. The van der Waals surface area contributed by atoms with Gasteiger partial charge in [0.2, 0.25) is 0 Å². The Bertz CT molecular complexity index is 258. The zero-order valence-electron chi connectivity index (χ0n) is 8.37. The lowest BCUT2D eigenvalue weighted by molar-refractivity contribution is 0.131. The molecule has 1 aromatic rings. The average molecular weight is 196 g/mol. The molecule has 0 radical (unpaired) electrons. The summed E-state index contributed by atoms with van der Waals surface area (Å²) < 4.78 is 5.68. The van der Waals surface area contributed by atoms with Gasteiger partial charge in [-0.25, -0.2) is 0 Å². The SMILES string of the molecule is CC(C)(C)Oc1ccc(CS)cc1. The van der Waals surface area contributed by atoms with Gasteiger partial charge in [-0.2, -0.15) is 12.6 Å². The summed E-state index contributed by atoms with van der Waals surface area (Å²) >= 11 is 4.19. The number of ether oxygens (including phenoxy) is 1. The summed E-state index contributed by atoms with van der Waals surface area (Å²) in [7, 11) is 0. The molecule has 0 unspecified atom stereocenters. The van der Waals surface area contributed by atoms with E-state index in [0.717, 1.165) is 11.5 Å². The maximum Gasteiger partial charge on any atom is 0.120 e. The summed E-state index contributed by atoms with van der Waals surface area (Å²) in [6, 6.07) is 8.04. The molecule has 1 rings (SSSR count). The van der Waals surface area contributed by atoms with Crippen LogP contribution in [0.4, 0.5) is 0 Å². The number of benzene rings is 1. The van der Waals surface area contributed by atoms with Crippen LogP contribution < -0.4 is 4.74 Å². The second-order valence-corrected chi connectivity index (χ2v) is 4.33. The lowest BCUT2D eigenvalue weighted by Gasteiger charge is -2.21.